The molecule has 4 aliphatic carbocycles. The molecule has 4 saturated carbocycles. The molecule has 5 fully saturated rings. The molecule has 11 heteroatoms. The molecule has 186 valence electrons. The van der Waals surface area contributed by atoms with Gasteiger partial charge in [-0.25, -0.2) is 4.79 Å². The van der Waals surface area contributed by atoms with Crippen molar-refractivity contribution < 1.29 is 49.7 Å². The first-order valence-electron chi connectivity index (χ1n) is 11.5. The van der Waals surface area contributed by atoms with E-state index in [1.54, 1.807) is 6.92 Å². The topological polar surface area (TPSA) is 200 Å². The molecular weight excluding hydrogens is 438 g/mol. The predicted molar refractivity (Wildman–Crippen MR) is 108 cm³/mol. The Kier molecular flexibility index (Phi) is 4.96. The number of ketones is 1. The highest BCUT2D eigenvalue weighted by Gasteiger charge is 2.84. The van der Waals surface area contributed by atoms with Gasteiger partial charge in [0.05, 0.1) is 24.7 Å². The van der Waals surface area contributed by atoms with E-state index in [-0.39, 0.29) is 32.3 Å². The number of carbonyl (C=O) groups is 2. The lowest BCUT2D eigenvalue weighted by Gasteiger charge is -2.77. The van der Waals surface area contributed by atoms with Gasteiger partial charge in [-0.2, -0.15) is 0 Å². The number of Topliss-reactive ketones (excluding diaryl/α,β-unsaturated/α-hetero) is 1. The van der Waals surface area contributed by atoms with Crippen molar-refractivity contribution in [3.63, 3.8) is 0 Å². The van der Waals surface area contributed by atoms with Gasteiger partial charge >= 0.3 is 5.97 Å². The van der Waals surface area contributed by atoms with Crippen molar-refractivity contribution in [2.45, 2.75) is 92.9 Å². The van der Waals surface area contributed by atoms with Crippen LogP contribution in [0.3, 0.4) is 0 Å². The Morgan fingerprint density at radius 3 is 2.48 bits per heavy atom. The standard InChI is InChI=1S/C22H33NO10/c1-8(23)14(25)18(28)33-9-3-10-15(26)16(27)13-11(24)4-12-20(29,7-32-12)17(13)21(30)6-19(10,2)22(21,31)5-9/h8-15,17,24-26,29-31H,3-7,23H2,1-2H3/t8-,9+,10?,11-,12+,13?,14+,15+,17-,19?,20-,21+,22-/m0/s1. The van der Waals surface area contributed by atoms with Crippen LogP contribution in [0.4, 0.5) is 0 Å². The minimum atomic E-state index is -2.00. The van der Waals surface area contributed by atoms with E-state index in [1.165, 1.54) is 6.92 Å². The van der Waals surface area contributed by atoms with Crippen LogP contribution in [0.15, 0.2) is 0 Å². The summed E-state index contributed by atoms with van der Waals surface area (Å²) in [5.41, 5.74) is -1.14. The second kappa shape index (κ2) is 6.94. The lowest BCUT2D eigenvalue weighted by atomic mass is 9.32. The maximum atomic E-state index is 13.4. The first kappa shape index (κ1) is 23.6. The zero-order valence-electron chi connectivity index (χ0n) is 18.6. The number of esters is 1. The van der Waals surface area contributed by atoms with E-state index in [2.05, 4.69) is 0 Å². The van der Waals surface area contributed by atoms with Crippen molar-refractivity contribution in [3.8, 4) is 0 Å². The van der Waals surface area contributed by atoms with Crippen LogP contribution in [0.5, 0.6) is 0 Å². The summed E-state index contributed by atoms with van der Waals surface area (Å²) >= 11 is 0. The Morgan fingerprint density at radius 1 is 1.24 bits per heavy atom. The van der Waals surface area contributed by atoms with Crippen LogP contribution in [0.2, 0.25) is 0 Å². The van der Waals surface area contributed by atoms with Crippen molar-refractivity contribution in [1.29, 1.82) is 0 Å². The molecule has 2 bridgehead atoms. The van der Waals surface area contributed by atoms with E-state index in [4.69, 9.17) is 15.2 Å². The third-order valence-electron chi connectivity index (χ3n) is 9.54. The molecule has 8 N–H and O–H groups in total. The lowest BCUT2D eigenvalue weighted by Crippen LogP contribution is -2.89. The Balaban J connectivity index is 1.56. The highest BCUT2D eigenvalue weighted by molar-refractivity contribution is 5.88. The molecule has 1 aliphatic heterocycles. The van der Waals surface area contributed by atoms with Gasteiger partial charge in [0, 0.05) is 36.1 Å². The van der Waals surface area contributed by atoms with Gasteiger partial charge in [-0.1, -0.05) is 6.92 Å². The van der Waals surface area contributed by atoms with Gasteiger partial charge in [0.25, 0.3) is 0 Å². The van der Waals surface area contributed by atoms with Crippen molar-refractivity contribution in [2.24, 2.45) is 28.9 Å². The van der Waals surface area contributed by atoms with Crippen LogP contribution in [0, 0.1) is 23.2 Å². The number of carbonyl (C=O) groups excluding carboxylic acids is 2. The predicted octanol–water partition coefficient (Wildman–Crippen LogP) is -3.04. The van der Waals surface area contributed by atoms with E-state index in [0.29, 0.717) is 0 Å². The number of hydrogen-bond acceptors (Lipinski definition) is 11. The first-order valence-corrected chi connectivity index (χ1v) is 11.5. The molecule has 0 spiro atoms. The average Bonchev–Trinajstić information content (AvgIpc) is 2.73. The van der Waals surface area contributed by atoms with Crippen molar-refractivity contribution in [3.05, 3.63) is 0 Å². The third-order valence-corrected chi connectivity index (χ3v) is 9.54. The molecular formula is C22H33NO10. The van der Waals surface area contributed by atoms with Crippen molar-refractivity contribution >= 4 is 11.8 Å². The molecule has 0 aromatic rings. The number of ether oxygens (including phenoxy) is 2. The highest BCUT2D eigenvalue weighted by Crippen LogP contribution is 2.73. The van der Waals surface area contributed by atoms with Gasteiger partial charge < -0.3 is 45.8 Å². The van der Waals surface area contributed by atoms with Crippen LogP contribution in [0.1, 0.15) is 39.5 Å². The molecule has 33 heavy (non-hydrogen) atoms. The summed E-state index contributed by atoms with van der Waals surface area (Å²) in [6, 6.07) is -0.897. The highest BCUT2D eigenvalue weighted by atomic mass is 16.6. The molecule has 3 unspecified atom stereocenters. The lowest BCUT2D eigenvalue weighted by molar-refractivity contribution is -0.417. The Hall–Kier alpha value is -1.18. The number of aliphatic hydroxyl groups excluding tert-OH is 3. The number of nitrogens with two attached hydrogens (primary N) is 1. The molecule has 13 atom stereocenters. The van der Waals surface area contributed by atoms with Crippen LogP contribution < -0.4 is 5.73 Å². The van der Waals surface area contributed by atoms with Crippen molar-refractivity contribution in [1.82, 2.24) is 0 Å². The van der Waals surface area contributed by atoms with Gasteiger partial charge in [-0.3, -0.25) is 4.79 Å². The summed E-state index contributed by atoms with van der Waals surface area (Å²) in [5.74, 6) is -5.16. The van der Waals surface area contributed by atoms with Crippen LogP contribution >= 0.6 is 0 Å². The molecule has 0 amide bonds. The molecule has 1 heterocycles. The number of hydrogen-bond donors (Lipinski definition) is 7. The molecule has 0 aromatic carbocycles. The van der Waals surface area contributed by atoms with E-state index in [0.717, 1.165) is 0 Å². The summed E-state index contributed by atoms with van der Waals surface area (Å²) in [7, 11) is 0. The van der Waals surface area contributed by atoms with Crippen LogP contribution in [-0.4, -0.2) is 102 Å². The Labute approximate surface area is 190 Å². The second-order valence-electron chi connectivity index (χ2n) is 11.2. The van der Waals surface area contributed by atoms with Gasteiger partial charge in [0.2, 0.25) is 0 Å². The quantitative estimate of drug-likeness (QED) is 0.206. The number of aliphatic hydroxyl groups is 6. The summed E-state index contributed by atoms with van der Waals surface area (Å²) in [5, 5.41) is 67.1. The first-order chi connectivity index (χ1) is 15.2. The third kappa shape index (κ3) is 2.68. The molecule has 0 aromatic heterocycles. The molecule has 11 nitrogen and oxygen atoms in total. The number of fused-ring (bicyclic) bond motifs is 6. The van der Waals surface area contributed by atoms with Gasteiger partial charge in [-0.15, -0.1) is 0 Å². The van der Waals surface area contributed by atoms with E-state index >= 15 is 0 Å². The molecule has 5 aliphatic rings. The summed E-state index contributed by atoms with van der Waals surface area (Å²) in [4.78, 5) is 25.8. The van der Waals surface area contributed by atoms with Crippen LogP contribution in [0.25, 0.3) is 0 Å². The largest absolute Gasteiger partial charge is 0.460 e. The van der Waals surface area contributed by atoms with Gasteiger partial charge in [-0.05, 0) is 19.8 Å². The zero-order valence-corrected chi connectivity index (χ0v) is 18.6. The fourth-order valence-electron chi connectivity index (χ4n) is 7.72. The number of rotatable bonds is 3. The Bertz CT molecular complexity index is 883. The smallest absolute Gasteiger partial charge is 0.336 e. The second-order valence-corrected chi connectivity index (χ2v) is 11.2. The maximum Gasteiger partial charge on any atom is 0.336 e. The minimum absolute atomic E-state index is 0.0163. The summed E-state index contributed by atoms with van der Waals surface area (Å²) in [6.45, 7) is 2.92. The molecule has 5 rings (SSSR count). The summed E-state index contributed by atoms with van der Waals surface area (Å²) < 4.78 is 10.8. The minimum Gasteiger partial charge on any atom is -0.460 e. The monoisotopic (exact) mass is 471 g/mol. The van der Waals surface area contributed by atoms with Crippen molar-refractivity contribution in [2.75, 3.05) is 6.61 Å². The van der Waals surface area contributed by atoms with E-state index in [9.17, 15) is 40.2 Å². The van der Waals surface area contributed by atoms with E-state index < -0.39 is 88.3 Å². The fourth-order valence-corrected chi connectivity index (χ4v) is 7.72. The summed E-state index contributed by atoms with van der Waals surface area (Å²) in [6.07, 6.45) is -6.57. The zero-order chi connectivity index (χ0) is 24.3. The normalized spacial score (nSPS) is 56.6. The Morgan fingerprint density at radius 2 is 1.91 bits per heavy atom. The molecule has 0 radical (unpaired) electrons. The fraction of sp³-hybridized carbons (Fsp3) is 0.909. The molecule has 1 saturated heterocycles. The van der Waals surface area contributed by atoms with Gasteiger partial charge in [0.15, 0.2) is 11.9 Å². The average molecular weight is 472 g/mol. The van der Waals surface area contributed by atoms with E-state index in [1.807, 2.05) is 0 Å². The SMILES string of the molecule is C[C@H](N)[C@@H](O)C(=O)O[C@@H]1CC2[C@@H](O)C(=O)C3[C@@H](O)C[C@H]4OC[C@@]4(O)[C@H]3[C@]3(O)CC2(C)[C@@]3(O)C1. The maximum absolute atomic E-state index is 13.4. The van der Waals surface area contributed by atoms with Gasteiger partial charge in [0.1, 0.15) is 29.0 Å². The van der Waals surface area contributed by atoms with Crippen LogP contribution in [-0.2, 0) is 19.1 Å².